The molecule has 3 aromatic carbocycles. The molecule has 0 radical (unpaired) electrons. The van der Waals surface area contributed by atoms with Gasteiger partial charge in [-0.25, -0.2) is 14.6 Å². The Morgan fingerprint density at radius 2 is 1.97 bits per heavy atom. The minimum Gasteiger partial charge on any atom is -0.488 e. The molecule has 29 heavy (non-hydrogen) atoms. The third-order valence-corrected chi connectivity index (χ3v) is 4.88. The van der Waals surface area contributed by atoms with E-state index in [1.807, 2.05) is 37.3 Å². The van der Waals surface area contributed by atoms with Crippen LogP contribution in [0.4, 0.5) is 14.9 Å². The zero-order valence-electron chi connectivity index (χ0n) is 15.7. The summed E-state index contributed by atoms with van der Waals surface area (Å²) in [7, 11) is 0. The molecule has 0 saturated carbocycles. The minimum atomic E-state index is -0.457. The fourth-order valence-electron chi connectivity index (χ4n) is 2.55. The molecule has 3 aromatic rings. The highest BCUT2D eigenvalue weighted by molar-refractivity contribution is 9.10. The molecular weight excluding hydrogens is 437 g/mol. The zero-order chi connectivity index (χ0) is 20.6. The molecule has 5 nitrogen and oxygen atoms in total. The molecule has 0 atom stereocenters. The SMILES string of the molecule is Cc1cc(NC(=O)N/N=C/c2ccccc2OCc2cccc(F)c2)ccc1Br. The van der Waals surface area contributed by atoms with E-state index in [4.69, 9.17) is 4.74 Å². The van der Waals surface area contributed by atoms with Crippen LogP contribution < -0.4 is 15.5 Å². The Morgan fingerprint density at radius 1 is 1.14 bits per heavy atom. The Labute approximate surface area is 176 Å². The van der Waals surface area contributed by atoms with Crippen LogP contribution >= 0.6 is 15.9 Å². The predicted molar refractivity (Wildman–Crippen MR) is 116 cm³/mol. The molecule has 2 N–H and O–H groups in total. The number of nitrogens with zero attached hydrogens (tertiary/aromatic N) is 1. The molecule has 0 aromatic heterocycles. The van der Waals surface area contributed by atoms with Crippen molar-refractivity contribution in [2.75, 3.05) is 5.32 Å². The van der Waals surface area contributed by atoms with E-state index in [1.165, 1.54) is 18.3 Å². The highest BCUT2D eigenvalue weighted by atomic mass is 79.9. The number of hydrogen-bond donors (Lipinski definition) is 2. The summed E-state index contributed by atoms with van der Waals surface area (Å²) in [5, 5.41) is 6.68. The number of anilines is 1. The van der Waals surface area contributed by atoms with Gasteiger partial charge in [0.05, 0.1) is 6.21 Å². The number of hydrogen-bond acceptors (Lipinski definition) is 3. The lowest BCUT2D eigenvalue weighted by atomic mass is 10.2. The molecule has 0 aliphatic carbocycles. The quantitative estimate of drug-likeness (QED) is 0.373. The van der Waals surface area contributed by atoms with E-state index in [1.54, 1.807) is 24.3 Å². The summed E-state index contributed by atoms with van der Waals surface area (Å²) in [4.78, 5) is 12.0. The Morgan fingerprint density at radius 3 is 2.76 bits per heavy atom. The van der Waals surface area contributed by atoms with Gasteiger partial charge in [-0.15, -0.1) is 0 Å². The zero-order valence-corrected chi connectivity index (χ0v) is 17.2. The van der Waals surface area contributed by atoms with Crippen LogP contribution in [-0.2, 0) is 6.61 Å². The maximum atomic E-state index is 13.3. The maximum Gasteiger partial charge on any atom is 0.339 e. The first kappa shape index (κ1) is 20.5. The number of amides is 2. The van der Waals surface area contributed by atoms with Crippen LogP contribution in [0.1, 0.15) is 16.7 Å². The highest BCUT2D eigenvalue weighted by Gasteiger charge is 2.04. The molecule has 0 heterocycles. The van der Waals surface area contributed by atoms with Gasteiger partial charge in [0.2, 0.25) is 0 Å². The van der Waals surface area contributed by atoms with Crippen molar-refractivity contribution in [3.8, 4) is 5.75 Å². The highest BCUT2D eigenvalue weighted by Crippen LogP contribution is 2.20. The van der Waals surface area contributed by atoms with Gasteiger partial charge >= 0.3 is 6.03 Å². The number of carbonyl (C=O) groups is 1. The first-order valence-corrected chi connectivity index (χ1v) is 9.63. The number of halogens is 2. The van der Waals surface area contributed by atoms with E-state index in [2.05, 4.69) is 31.8 Å². The summed E-state index contributed by atoms with van der Waals surface area (Å²) >= 11 is 3.42. The fourth-order valence-corrected chi connectivity index (χ4v) is 2.80. The van der Waals surface area contributed by atoms with Crippen LogP contribution in [0.25, 0.3) is 0 Å². The lowest BCUT2D eigenvalue weighted by Gasteiger charge is -2.09. The molecule has 0 saturated heterocycles. The normalized spacial score (nSPS) is 10.7. The average Bonchev–Trinajstić information content (AvgIpc) is 2.70. The van der Waals surface area contributed by atoms with Gasteiger partial charge in [0.25, 0.3) is 0 Å². The number of ether oxygens (including phenoxy) is 1. The third kappa shape index (κ3) is 6.15. The molecule has 148 valence electrons. The molecule has 0 aliphatic rings. The van der Waals surface area contributed by atoms with Gasteiger partial charge in [0.1, 0.15) is 18.2 Å². The van der Waals surface area contributed by atoms with E-state index in [0.717, 1.165) is 15.6 Å². The third-order valence-electron chi connectivity index (χ3n) is 3.99. The predicted octanol–water partition coefficient (Wildman–Crippen LogP) is 5.63. The number of urea groups is 1. The van der Waals surface area contributed by atoms with E-state index < -0.39 is 6.03 Å². The number of aryl methyl sites for hydroxylation is 1. The Kier molecular flexibility index (Phi) is 6.97. The van der Waals surface area contributed by atoms with Gasteiger partial charge in [-0.05, 0) is 60.5 Å². The van der Waals surface area contributed by atoms with Crippen molar-refractivity contribution in [1.82, 2.24) is 5.43 Å². The molecule has 0 fully saturated rings. The molecule has 0 aliphatic heterocycles. The van der Waals surface area contributed by atoms with Crippen LogP contribution in [0.3, 0.4) is 0 Å². The van der Waals surface area contributed by atoms with Gasteiger partial charge in [0, 0.05) is 15.7 Å². The standard InChI is InChI=1S/C22H19BrFN3O2/c1-15-11-19(9-10-20(15)23)26-22(28)27-25-13-17-6-2-3-8-21(17)29-14-16-5-4-7-18(24)12-16/h2-13H,14H2,1H3,(H2,26,27,28)/b25-13+. The molecule has 2 amide bonds. The van der Waals surface area contributed by atoms with Crippen LogP contribution in [0.15, 0.2) is 76.3 Å². The summed E-state index contributed by atoms with van der Waals surface area (Å²) in [6.07, 6.45) is 1.49. The Balaban J connectivity index is 1.58. The number of carbonyl (C=O) groups excluding carboxylic acids is 1. The molecule has 7 heteroatoms. The van der Waals surface area contributed by atoms with E-state index in [0.29, 0.717) is 17.0 Å². The largest absolute Gasteiger partial charge is 0.488 e. The van der Waals surface area contributed by atoms with Crippen LogP contribution in [-0.4, -0.2) is 12.2 Å². The van der Waals surface area contributed by atoms with E-state index in [-0.39, 0.29) is 12.4 Å². The first-order chi connectivity index (χ1) is 14.0. The van der Waals surface area contributed by atoms with Gasteiger partial charge in [-0.1, -0.05) is 40.2 Å². The van der Waals surface area contributed by atoms with E-state index >= 15 is 0 Å². The second kappa shape index (κ2) is 9.84. The monoisotopic (exact) mass is 455 g/mol. The van der Waals surface area contributed by atoms with E-state index in [9.17, 15) is 9.18 Å². The maximum absolute atomic E-state index is 13.3. The molecule has 0 spiro atoms. The van der Waals surface area contributed by atoms with Crippen molar-refractivity contribution in [3.63, 3.8) is 0 Å². The van der Waals surface area contributed by atoms with Crippen molar-refractivity contribution in [3.05, 3.63) is 93.7 Å². The second-order valence-electron chi connectivity index (χ2n) is 6.24. The number of nitrogens with one attached hydrogen (secondary N) is 2. The van der Waals surface area contributed by atoms with Gasteiger partial charge < -0.3 is 10.1 Å². The fraction of sp³-hybridized carbons (Fsp3) is 0.0909. The molecular formula is C22H19BrFN3O2. The van der Waals surface area contributed by atoms with Crippen molar-refractivity contribution >= 4 is 33.9 Å². The van der Waals surface area contributed by atoms with Crippen molar-refractivity contribution in [1.29, 1.82) is 0 Å². The van der Waals surface area contributed by atoms with Crippen LogP contribution in [0, 0.1) is 12.7 Å². The van der Waals surface area contributed by atoms with Crippen molar-refractivity contribution in [2.24, 2.45) is 5.10 Å². The van der Waals surface area contributed by atoms with Gasteiger partial charge in [-0.2, -0.15) is 5.10 Å². The molecule has 0 unspecified atom stereocenters. The minimum absolute atomic E-state index is 0.222. The average molecular weight is 456 g/mol. The second-order valence-corrected chi connectivity index (χ2v) is 7.10. The van der Waals surface area contributed by atoms with Gasteiger partial charge in [-0.3, -0.25) is 0 Å². The lowest BCUT2D eigenvalue weighted by Crippen LogP contribution is -2.24. The van der Waals surface area contributed by atoms with Crippen LogP contribution in [0.2, 0.25) is 0 Å². The van der Waals surface area contributed by atoms with Crippen molar-refractivity contribution in [2.45, 2.75) is 13.5 Å². The summed E-state index contributed by atoms with van der Waals surface area (Å²) in [6.45, 7) is 2.16. The number of rotatable bonds is 6. The summed E-state index contributed by atoms with van der Waals surface area (Å²) in [5.41, 5.74) is 5.50. The first-order valence-electron chi connectivity index (χ1n) is 8.84. The molecule has 0 bridgehead atoms. The Bertz CT molecular complexity index is 1040. The smallest absolute Gasteiger partial charge is 0.339 e. The topological polar surface area (TPSA) is 62.7 Å². The van der Waals surface area contributed by atoms with Crippen LogP contribution in [0.5, 0.6) is 5.75 Å². The summed E-state index contributed by atoms with van der Waals surface area (Å²) in [6, 6.07) is 18.5. The number of para-hydroxylation sites is 1. The number of hydrazone groups is 1. The lowest BCUT2D eigenvalue weighted by molar-refractivity contribution is 0.252. The van der Waals surface area contributed by atoms with Gasteiger partial charge in [0.15, 0.2) is 0 Å². The Hall–Kier alpha value is -3.19. The van der Waals surface area contributed by atoms with Crippen molar-refractivity contribution < 1.29 is 13.9 Å². The summed E-state index contributed by atoms with van der Waals surface area (Å²) < 4.78 is 20.0. The summed E-state index contributed by atoms with van der Waals surface area (Å²) in [5.74, 6) is 0.267. The number of benzene rings is 3. The molecule has 3 rings (SSSR count).